The summed E-state index contributed by atoms with van der Waals surface area (Å²) >= 11 is 6.99. The first-order chi connectivity index (χ1) is 5.09. The Balaban J connectivity index is 3.08. The van der Waals surface area contributed by atoms with E-state index in [-0.39, 0.29) is 0 Å². The van der Waals surface area contributed by atoms with Crippen molar-refractivity contribution in [3.8, 4) is 0 Å². The average Bonchev–Trinajstić information content (AvgIpc) is 1.85. The van der Waals surface area contributed by atoms with Crippen LogP contribution in [0.1, 0.15) is 22.9 Å². The van der Waals surface area contributed by atoms with Crippen LogP contribution in [0.25, 0.3) is 0 Å². The Labute approximate surface area is 84.3 Å². The third-order valence-corrected chi connectivity index (χ3v) is 2.51. The van der Waals surface area contributed by atoms with Crippen molar-refractivity contribution in [2.75, 3.05) is 0 Å². The van der Waals surface area contributed by atoms with Gasteiger partial charge < -0.3 is 0 Å². The van der Waals surface area contributed by atoms with E-state index in [0.29, 0.717) is 4.83 Å². The molecule has 11 heavy (non-hydrogen) atoms. The molecule has 0 amide bonds. The molecule has 0 aliphatic carbocycles. The Kier molecular flexibility index (Phi) is 3.14. The molecule has 60 valence electrons. The molecule has 0 radical (unpaired) electrons. The van der Waals surface area contributed by atoms with E-state index in [0.717, 1.165) is 4.47 Å². The molecule has 0 fully saturated rings. The maximum atomic E-state index is 3.53. The van der Waals surface area contributed by atoms with Gasteiger partial charge in [-0.2, -0.15) is 0 Å². The number of rotatable bonds is 1. The van der Waals surface area contributed by atoms with Crippen LogP contribution in [0.4, 0.5) is 0 Å². The highest BCUT2D eigenvalue weighted by Gasteiger charge is 2.01. The molecule has 0 spiro atoms. The summed E-state index contributed by atoms with van der Waals surface area (Å²) in [6.45, 7) is 4.23. The first-order valence-electron chi connectivity index (χ1n) is 3.51. The number of hydrogen-bond donors (Lipinski definition) is 0. The lowest BCUT2D eigenvalue weighted by Crippen LogP contribution is -1.84. The van der Waals surface area contributed by atoms with Crippen molar-refractivity contribution in [1.82, 2.24) is 0 Å². The summed E-state index contributed by atoms with van der Waals surface area (Å²) in [6, 6.07) is 6.43. The van der Waals surface area contributed by atoms with E-state index in [2.05, 4.69) is 63.9 Å². The summed E-state index contributed by atoms with van der Waals surface area (Å²) in [4.78, 5) is 0.429. The van der Waals surface area contributed by atoms with Crippen molar-refractivity contribution in [1.29, 1.82) is 0 Å². The van der Waals surface area contributed by atoms with Crippen LogP contribution in [0.2, 0.25) is 0 Å². The number of benzene rings is 1. The van der Waals surface area contributed by atoms with Gasteiger partial charge in [0.25, 0.3) is 0 Å². The quantitative estimate of drug-likeness (QED) is 0.675. The van der Waals surface area contributed by atoms with Crippen LogP contribution < -0.4 is 0 Å². The van der Waals surface area contributed by atoms with Gasteiger partial charge in [0.05, 0.1) is 0 Å². The molecule has 0 aliphatic heterocycles. The minimum Gasteiger partial charge on any atom is -0.0842 e. The van der Waals surface area contributed by atoms with Gasteiger partial charge >= 0.3 is 0 Å². The molecular formula is C9H10Br2. The largest absolute Gasteiger partial charge is 0.0842 e. The second kappa shape index (κ2) is 3.72. The van der Waals surface area contributed by atoms with Gasteiger partial charge in [0.1, 0.15) is 0 Å². The molecule has 0 saturated heterocycles. The fraction of sp³-hybridized carbons (Fsp3) is 0.333. The molecule has 1 rings (SSSR count). The van der Waals surface area contributed by atoms with E-state index in [9.17, 15) is 0 Å². The topological polar surface area (TPSA) is 0 Å². The molecule has 0 nitrogen and oxygen atoms in total. The smallest absolute Gasteiger partial charge is 0.0367 e. The fourth-order valence-electron chi connectivity index (χ4n) is 0.994. The summed E-state index contributed by atoms with van der Waals surface area (Å²) in [5, 5.41) is 0. The molecular weight excluding hydrogens is 268 g/mol. The van der Waals surface area contributed by atoms with Gasteiger partial charge in [0, 0.05) is 9.30 Å². The second-order valence-corrected chi connectivity index (χ2v) is 4.97. The number of halogens is 2. The highest BCUT2D eigenvalue weighted by atomic mass is 79.9. The summed E-state index contributed by atoms with van der Waals surface area (Å²) < 4.78 is 1.15. The van der Waals surface area contributed by atoms with Gasteiger partial charge in [-0.05, 0) is 37.1 Å². The third-order valence-electron chi connectivity index (χ3n) is 1.52. The molecule has 1 unspecified atom stereocenters. The molecule has 0 saturated carbocycles. The summed E-state index contributed by atoms with van der Waals surface area (Å²) in [7, 11) is 0. The van der Waals surface area contributed by atoms with E-state index in [1.54, 1.807) is 0 Å². The van der Waals surface area contributed by atoms with E-state index in [1.165, 1.54) is 11.1 Å². The first kappa shape index (κ1) is 9.27. The van der Waals surface area contributed by atoms with Crippen molar-refractivity contribution < 1.29 is 0 Å². The molecule has 0 heterocycles. The Morgan fingerprint density at radius 3 is 2.36 bits per heavy atom. The summed E-state index contributed by atoms with van der Waals surface area (Å²) in [6.07, 6.45) is 0. The maximum absolute atomic E-state index is 3.53. The molecule has 0 aromatic heterocycles. The predicted octanol–water partition coefficient (Wildman–Crippen LogP) is 4.21. The van der Waals surface area contributed by atoms with Gasteiger partial charge in [-0.15, -0.1) is 0 Å². The van der Waals surface area contributed by atoms with Crippen LogP contribution in [0, 0.1) is 6.92 Å². The van der Waals surface area contributed by atoms with Crippen molar-refractivity contribution in [3.05, 3.63) is 33.8 Å². The van der Waals surface area contributed by atoms with Crippen molar-refractivity contribution in [2.45, 2.75) is 18.7 Å². The molecule has 1 aromatic carbocycles. The van der Waals surface area contributed by atoms with Crippen LogP contribution in [0.15, 0.2) is 22.7 Å². The van der Waals surface area contributed by atoms with Gasteiger partial charge in [-0.25, -0.2) is 0 Å². The fourth-order valence-corrected chi connectivity index (χ4v) is 1.88. The zero-order valence-electron chi connectivity index (χ0n) is 6.57. The van der Waals surface area contributed by atoms with E-state index < -0.39 is 0 Å². The molecule has 2 heteroatoms. The van der Waals surface area contributed by atoms with Crippen LogP contribution in [0.5, 0.6) is 0 Å². The molecule has 1 atom stereocenters. The number of alkyl halides is 1. The lowest BCUT2D eigenvalue weighted by Gasteiger charge is -2.05. The van der Waals surface area contributed by atoms with Crippen LogP contribution in [-0.2, 0) is 0 Å². The average molecular weight is 278 g/mol. The molecule has 1 aromatic rings. The van der Waals surface area contributed by atoms with Gasteiger partial charge in [0.2, 0.25) is 0 Å². The summed E-state index contributed by atoms with van der Waals surface area (Å²) in [5.74, 6) is 0. The monoisotopic (exact) mass is 276 g/mol. The predicted molar refractivity (Wildman–Crippen MR) is 56.2 cm³/mol. The van der Waals surface area contributed by atoms with E-state index in [1.807, 2.05) is 0 Å². The van der Waals surface area contributed by atoms with Crippen LogP contribution >= 0.6 is 31.9 Å². The normalized spacial score (nSPS) is 13.1. The Morgan fingerprint density at radius 1 is 1.27 bits per heavy atom. The summed E-state index contributed by atoms with van der Waals surface area (Å²) in [5.41, 5.74) is 2.61. The van der Waals surface area contributed by atoms with Crippen molar-refractivity contribution in [2.24, 2.45) is 0 Å². The minimum atomic E-state index is 0.429. The maximum Gasteiger partial charge on any atom is 0.0367 e. The van der Waals surface area contributed by atoms with Crippen molar-refractivity contribution >= 4 is 31.9 Å². The lowest BCUT2D eigenvalue weighted by molar-refractivity contribution is 1.11. The van der Waals surface area contributed by atoms with Gasteiger partial charge in [-0.1, -0.05) is 37.9 Å². The highest BCUT2D eigenvalue weighted by Crippen LogP contribution is 2.25. The molecule has 0 bridgehead atoms. The SMILES string of the molecule is Cc1cc(Br)cc(C(C)Br)c1. The Bertz CT molecular complexity index is 233. The third kappa shape index (κ3) is 2.60. The van der Waals surface area contributed by atoms with Gasteiger partial charge in [-0.3, -0.25) is 0 Å². The van der Waals surface area contributed by atoms with Crippen LogP contribution in [0.3, 0.4) is 0 Å². The van der Waals surface area contributed by atoms with E-state index in [4.69, 9.17) is 0 Å². The highest BCUT2D eigenvalue weighted by molar-refractivity contribution is 9.10. The molecule has 0 aliphatic rings. The van der Waals surface area contributed by atoms with E-state index >= 15 is 0 Å². The Hall–Kier alpha value is 0.180. The number of hydrogen-bond acceptors (Lipinski definition) is 0. The Morgan fingerprint density at radius 2 is 1.91 bits per heavy atom. The zero-order chi connectivity index (χ0) is 8.43. The second-order valence-electron chi connectivity index (χ2n) is 2.68. The zero-order valence-corrected chi connectivity index (χ0v) is 9.74. The number of aryl methyl sites for hydroxylation is 1. The standard InChI is InChI=1S/C9H10Br2/c1-6-3-8(7(2)10)5-9(11)4-6/h3-5,7H,1-2H3. The lowest BCUT2D eigenvalue weighted by atomic mass is 10.1. The first-order valence-corrected chi connectivity index (χ1v) is 5.21. The van der Waals surface area contributed by atoms with Gasteiger partial charge in [0.15, 0.2) is 0 Å². The van der Waals surface area contributed by atoms with Crippen LogP contribution in [-0.4, -0.2) is 0 Å². The minimum absolute atomic E-state index is 0.429. The van der Waals surface area contributed by atoms with Crippen molar-refractivity contribution in [3.63, 3.8) is 0 Å². The molecule has 0 N–H and O–H groups in total.